The van der Waals surface area contributed by atoms with Crippen molar-refractivity contribution in [2.75, 3.05) is 32.8 Å². The number of nitrogens with zero attached hydrogens (tertiary/aromatic N) is 3. The first-order valence-corrected chi connectivity index (χ1v) is 9.54. The van der Waals surface area contributed by atoms with Crippen molar-refractivity contribution < 1.29 is 9.53 Å². The molecule has 1 saturated heterocycles. The second-order valence-electron chi connectivity index (χ2n) is 7.09. The highest BCUT2D eigenvalue weighted by atomic mass is 16.5. The third kappa shape index (κ3) is 4.43. The van der Waals surface area contributed by atoms with E-state index in [0.717, 1.165) is 44.0 Å². The Bertz CT molecular complexity index is 781. The molecule has 1 aromatic heterocycles. The predicted molar refractivity (Wildman–Crippen MR) is 105 cm³/mol. The van der Waals surface area contributed by atoms with Crippen LogP contribution in [0.2, 0.25) is 0 Å². The zero-order chi connectivity index (χ0) is 18.5. The first-order chi connectivity index (χ1) is 13.3. The fourth-order valence-electron chi connectivity index (χ4n) is 3.65. The minimum Gasteiger partial charge on any atom is -0.378 e. The third-order valence-corrected chi connectivity index (χ3v) is 5.23. The Kier molecular flexibility index (Phi) is 5.61. The second kappa shape index (κ2) is 8.46. The number of amides is 1. The number of rotatable bonds is 5. The fourth-order valence-corrected chi connectivity index (χ4v) is 3.65. The molecule has 2 aliphatic heterocycles. The average Bonchev–Trinajstić information content (AvgIpc) is 3.26. The van der Waals surface area contributed by atoms with Crippen molar-refractivity contribution in [1.82, 2.24) is 14.8 Å². The molecule has 0 N–H and O–H groups in total. The van der Waals surface area contributed by atoms with E-state index in [9.17, 15) is 4.79 Å². The van der Waals surface area contributed by atoms with Crippen molar-refractivity contribution in [3.8, 4) is 11.3 Å². The summed E-state index contributed by atoms with van der Waals surface area (Å²) in [7, 11) is 0. The summed E-state index contributed by atoms with van der Waals surface area (Å²) in [6.07, 6.45) is 6.44. The topological polar surface area (TPSA) is 45.7 Å². The molecule has 0 saturated carbocycles. The van der Waals surface area contributed by atoms with Crippen LogP contribution in [0.4, 0.5) is 0 Å². The van der Waals surface area contributed by atoms with Crippen molar-refractivity contribution in [1.29, 1.82) is 0 Å². The maximum absolute atomic E-state index is 12.5. The summed E-state index contributed by atoms with van der Waals surface area (Å²) in [5, 5.41) is 0. The summed E-state index contributed by atoms with van der Waals surface area (Å²) in [4.78, 5) is 21.2. The van der Waals surface area contributed by atoms with Gasteiger partial charge in [0.1, 0.15) is 0 Å². The maximum Gasteiger partial charge on any atom is 0.224 e. The van der Waals surface area contributed by atoms with E-state index >= 15 is 0 Å². The minimum atomic E-state index is 0.141. The SMILES string of the molecule is O=C(C[C@H]1COCCN1Cc1ccc(-c2ccccn2)cc1)N1CC=CC1. The molecule has 140 valence electrons. The van der Waals surface area contributed by atoms with Crippen LogP contribution in [0.25, 0.3) is 11.3 Å². The van der Waals surface area contributed by atoms with E-state index in [1.54, 1.807) is 0 Å². The van der Waals surface area contributed by atoms with Crippen LogP contribution in [0.1, 0.15) is 12.0 Å². The normalized spacial score (nSPS) is 20.1. The summed E-state index contributed by atoms with van der Waals surface area (Å²) >= 11 is 0. The van der Waals surface area contributed by atoms with Crippen LogP contribution in [-0.2, 0) is 16.1 Å². The van der Waals surface area contributed by atoms with Crippen molar-refractivity contribution in [3.63, 3.8) is 0 Å². The van der Waals surface area contributed by atoms with Crippen LogP contribution in [-0.4, -0.2) is 59.6 Å². The van der Waals surface area contributed by atoms with Crippen LogP contribution < -0.4 is 0 Å². The molecule has 3 heterocycles. The minimum absolute atomic E-state index is 0.141. The number of benzene rings is 1. The summed E-state index contributed by atoms with van der Waals surface area (Å²) in [6.45, 7) is 4.52. The van der Waals surface area contributed by atoms with Crippen LogP contribution in [0, 0.1) is 0 Å². The molecule has 2 aliphatic rings. The lowest BCUT2D eigenvalue weighted by molar-refractivity contribution is -0.133. The number of ether oxygens (including phenoxy) is 1. The molecule has 4 rings (SSSR count). The lowest BCUT2D eigenvalue weighted by Crippen LogP contribution is -2.47. The first kappa shape index (κ1) is 17.9. The highest BCUT2D eigenvalue weighted by Gasteiger charge is 2.27. The molecule has 1 amide bonds. The summed E-state index contributed by atoms with van der Waals surface area (Å²) < 4.78 is 5.65. The third-order valence-electron chi connectivity index (χ3n) is 5.23. The van der Waals surface area contributed by atoms with E-state index in [2.05, 4.69) is 46.3 Å². The average molecular weight is 363 g/mol. The molecule has 0 spiro atoms. The van der Waals surface area contributed by atoms with Gasteiger partial charge in [0.15, 0.2) is 0 Å². The molecule has 0 unspecified atom stereocenters. The van der Waals surface area contributed by atoms with Gasteiger partial charge in [0.05, 0.1) is 18.9 Å². The van der Waals surface area contributed by atoms with Crippen LogP contribution in [0.5, 0.6) is 0 Å². The van der Waals surface area contributed by atoms with E-state index in [1.807, 2.05) is 29.3 Å². The van der Waals surface area contributed by atoms with E-state index in [-0.39, 0.29) is 11.9 Å². The van der Waals surface area contributed by atoms with E-state index in [0.29, 0.717) is 13.0 Å². The van der Waals surface area contributed by atoms with E-state index < -0.39 is 0 Å². The summed E-state index contributed by atoms with van der Waals surface area (Å²) in [5.41, 5.74) is 3.35. The van der Waals surface area contributed by atoms with Crippen molar-refractivity contribution in [3.05, 3.63) is 66.4 Å². The smallest absolute Gasteiger partial charge is 0.224 e. The van der Waals surface area contributed by atoms with Gasteiger partial charge in [-0.2, -0.15) is 0 Å². The Labute approximate surface area is 160 Å². The largest absolute Gasteiger partial charge is 0.378 e. The zero-order valence-corrected chi connectivity index (χ0v) is 15.5. The van der Waals surface area contributed by atoms with Gasteiger partial charge in [-0.15, -0.1) is 0 Å². The van der Waals surface area contributed by atoms with Gasteiger partial charge < -0.3 is 9.64 Å². The van der Waals surface area contributed by atoms with Crippen LogP contribution >= 0.6 is 0 Å². The molecule has 5 heteroatoms. The molecule has 1 fully saturated rings. The molecule has 5 nitrogen and oxygen atoms in total. The van der Waals surface area contributed by atoms with Gasteiger partial charge in [0, 0.05) is 50.4 Å². The number of morpholine rings is 1. The molecule has 0 radical (unpaired) electrons. The number of hydrogen-bond donors (Lipinski definition) is 0. The summed E-state index contributed by atoms with van der Waals surface area (Å²) in [5.74, 6) is 0.214. The standard InChI is InChI=1S/C22H25N3O2/c26-22(24-11-3-4-12-24)15-20-17-27-14-13-25(20)16-18-6-8-19(9-7-18)21-5-1-2-10-23-21/h1-10,20H,11-17H2/t20-/m0/s1. The second-order valence-corrected chi connectivity index (χ2v) is 7.09. The van der Waals surface area contributed by atoms with Crippen molar-refractivity contribution >= 4 is 5.91 Å². The zero-order valence-electron chi connectivity index (χ0n) is 15.5. The molecule has 1 atom stereocenters. The monoisotopic (exact) mass is 363 g/mol. The Balaban J connectivity index is 1.39. The molecule has 1 aromatic carbocycles. The maximum atomic E-state index is 12.5. The number of pyridine rings is 1. The van der Waals surface area contributed by atoms with Gasteiger partial charge >= 0.3 is 0 Å². The molecular weight excluding hydrogens is 338 g/mol. The number of aromatic nitrogens is 1. The van der Waals surface area contributed by atoms with Gasteiger partial charge in [-0.05, 0) is 17.7 Å². The molecule has 27 heavy (non-hydrogen) atoms. The molecule has 0 aliphatic carbocycles. The lowest BCUT2D eigenvalue weighted by Gasteiger charge is -2.36. The molecule has 0 bridgehead atoms. The van der Waals surface area contributed by atoms with Crippen LogP contribution in [0.15, 0.2) is 60.8 Å². The van der Waals surface area contributed by atoms with Gasteiger partial charge in [-0.1, -0.05) is 42.5 Å². The molecule has 2 aromatic rings. The quantitative estimate of drug-likeness (QED) is 0.767. The number of carbonyl (C=O) groups excluding carboxylic acids is 1. The highest BCUT2D eigenvalue weighted by Crippen LogP contribution is 2.20. The van der Waals surface area contributed by atoms with Gasteiger partial charge in [0.25, 0.3) is 0 Å². The fraction of sp³-hybridized carbons (Fsp3) is 0.364. The summed E-state index contributed by atoms with van der Waals surface area (Å²) in [6, 6.07) is 14.6. The van der Waals surface area contributed by atoms with Crippen molar-refractivity contribution in [2.45, 2.75) is 19.0 Å². The Morgan fingerprint density at radius 3 is 2.67 bits per heavy atom. The van der Waals surface area contributed by atoms with Crippen molar-refractivity contribution in [2.24, 2.45) is 0 Å². The number of carbonyl (C=O) groups is 1. The van der Waals surface area contributed by atoms with Gasteiger partial charge in [-0.3, -0.25) is 14.7 Å². The first-order valence-electron chi connectivity index (χ1n) is 9.54. The highest BCUT2D eigenvalue weighted by molar-refractivity contribution is 5.77. The van der Waals surface area contributed by atoms with Crippen LogP contribution in [0.3, 0.4) is 0 Å². The predicted octanol–water partition coefficient (Wildman–Crippen LogP) is 2.74. The van der Waals surface area contributed by atoms with Gasteiger partial charge in [-0.25, -0.2) is 0 Å². The van der Waals surface area contributed by atoms with E-state index in [4.69, 9.17) is 4.74 Å². The number of hydrogen-bond acceptors (Lipinski definition) is 4. The lowest BCUT2D eigenvalue weighted by atomic mass is 10.1. The Morgan fingerprint density at radius 2 is 1.93 bits per heavy atom. The van der Waals surface area contributed by atoms with E-state index in [1.165, 1.54) is 5.56 Å². The Morgan fingerprint density at radius 1 is 1.11 bits per heavy atom. The van der Waals surface area contributed by atoms with Gasteiger partial charge in [0.2, 0.25) is 5.91 Å². The Hall–Kier alpha value is -2.50. The molecular formula is C22H25N3O2.